The van der Waals surface area contributed by atoms with Crippen molar-refractivity contribution in [3.05, 3.63) is 59.1 Å². The van der Waals surface area contributed by atoms with Gasteiger partial charge in [0, 0.05) is 15.5 Å². The maximum Gasteiger partial charge on any atom is 0.173 e. The molecule has 1 N–H and O–H groups in total. The molecule has 2 aromatic rings. The fourth-order valence-corrected chi connectivity index (χ4v) is 2.33. The molecule has 0 spiro atoms. The molecule has 2 aromatic carbocycles. The molecule has 0 aliphatic carbocycles. The summed E-state index contributed by atoms with van der Waals surface area (Å²) < 4.78 is 0. The molecule has 0 radical (unpaired) electrons. The minimum Gasteiger partial charge on any atom is -0.508 e. The monoisotopic (exact) mass is 278 g/mol. The maximum absolute atomic E-state index is 11.9. The van der Waals surface area contributed by atoms with E-state index in [1.165, 1.54) is 23.9 Å². The van der Waals surface area contributed by atoms with E-state index in [0.717, 1.165) is 4.90 Å². The first-order valence-electron chi connectivity index (χ1n) is 5.36. The third-order valence-corrected chi connectivity index (χ3v) is 3.64. The summed E-state index contributed by atoms with van der Waals surface area (Å²) in [7, 11) is 0. The number of carbonyl (C=O) groups is 1. The van der Waals surface area contributed by atoms with Crippen molar-refractivity contribution in [1.29, 1.82) is 0 Å². The van der Waals surface area contributed by atoms with E-state index >= 15 is 0 Å². The van der Waals surface area contributed by atoms with Crippen LogP contribution in [0.1, 0.15) is 10.4 Å². The van der Waals surface area contributed by atoms with Crippen LogP contribution in [0, 0.1) is 0 Å². The molecule has 4 heteroatoms. The Hall–Kier alpha value is -1.45. The van der Waals surface area contributed by atoms with Gasteiger partial charge >= 0.3 is 0 Å². The minimum atomic E-state index is 0.0370. The molecule has 0 heterocycles. The largest absolute Gasteiger partial charge is 0.508 e. The molecule has 92 valence electrons. The van der Waals surface area contributed by atoms with E-state index in [1.807, 2.05) is 12.1 Å². The van der Waals surface area contributed by atoms with Gasteiger partial charge in [-0.3, -0.25) is 4.79 Å². The number of carbonyl (C=O) groups excluding carboxylic acids is 1. The Bertz CT molecular complexity index is 535. The van der Waals surface area contributed by atoms with Gasteiger partial charge in [-0.15, -0.1) is 11.8 Å². The molecule has 0 aliphatic rings. The van der Waals surface area contributed by atoms with Crippen molar-refractivity contribution in [2.24, 2.45) is 0 Å². The average Bonchev–Trinajstić information content (AvgIpc) is 2.38. The van der Waals surface area contributed by atoms with Crippen molar-refractivity contribution < 1.29 is 9.90 Å². The van der Waals surface area contributed by atoms with Gasteiger partial charge in [-0.2, -0.15) is 0 Å². The van der Waals surface area contributed by atoms with E-state index in [9.17, 15) is 4.79 Å². The lowest BCUT2D eigenvalue weighted by Gasteiger charge is -2.02. The predicted molar refractivity (Wildman–Crippen MR) is 74.6 cm³/mol. The van der Waals surface area contributed by atoms with Crippen molar-refractivity contribution in [3.63, 3.8) is 0 Å². The molecule has 0 aliphatic heterocycles. The van der Waals surface area contributed by atoms with Crippen LogP contribution in [0.4, 0.5) is 0 Å². The highest BCUT2D eigenvalue weighted by Gasteiger charge is 2.06. The van der Waals surface area contributed by atoms with E-state index < -0.39 is 0 Å². The van der Waals surface area contributed by atoms with Crippen LogP contribution < -0.4 is 0 Å². The van der Waals surface area contributed by atoms with Crippen molar-refractivity contribution >= 4 is 29.1 Å². The number of thioether (sulfide) groups is 1. The molecule has 0 aromatic heterocycles. The highest BCUT2D eigenvalue weighted by molar-refractivity contribution is 8.00. The number of benzene rings is 2. The van der Waals surface area contributed by atoms with Gasteiger partial charge in [0.05, 0.1) is 5.75 Å². The summed E-state index contributed by atoms with van der Waals surface area (Å²) >= 11 is 7.25. The second kappa shape index (κ2) is 5.94. The van der Waals surface area contributed by atoms with Gasteiger partial charge in [0.15, 0.2) is 5.78 Å². The molecule has 2 rings (SSSR count). The molecule has 2 nitrogen and oxygen atoms in total. The summed E-state index contributed by atoms with van der Waals surface area (Å²) in [5.41, 5.74) is 0.606. The zero-order chi connectivity index (χ0) is 13.0. The van der Waals surface area contributed by atoms with Gasteiger partial charge in [-0.25, -0.2) is 0 Å². The number of hydrogen-bond acceptors (Lipinski definition) is 3. The number of ketones is 1. The molecule has 0 atom stereocenters. The van der Waals surface area contributed by atoms with Gasteiger partial charge in [0.25, 0.3) is 0 Å². The number of hydrogen-bond donors (Lipinski definition) is 1. The van der Waals surface area contributed by atoms with Gasteiger partial charge in [0.2, 0.25) is 0 Å². The van der Waals surface area contributed by atoms with Crippen LogP contribution in [0.3, 0.4) is 0 Å². The van der Waals surface area contributed by atoms with E-state index in [1.54, 1.807) is 24.3 Å². The molecule has 0 unspecified atom stereocenters. The van der Waals surface area contributed by atoms with Crippen LogP contribution in [-0.2, 0) is 0 Å². The molecule has 0 saturated carbocycles. The molecular weight excluding hydrogens is 268 g/mol. The van der Waals surface area contributed by atoms with Gasteiger partial charge < -0.3 is 5.11 Å². The van der Waals surface area contributed by atoms with E-state index in [4.69, 9.17) is 16.7 Å². The lowest BCUT2D eigenvalue weighted by molar-refractivity contribution is 0.102. The Morgan fingerprint density at radius 3 is 2.28 bits per heavy atom. The quantitative estimate of drug-likeness (QED) is 0.678. The highest BCUT2D eigenvalue weighted by Crippen LogP contribution is 2.21. The Labute approximate surface area is 115 Å². The summed E-state index contributed by atoms with van der Waals surface area (Å²) in [6.07, 6.45) is 0. The van der Waals surface area contributed by atoms with Gasteiger partial charge in [-0.05, 0) is 48.5 Å². The summed E-state index contributed by atoms with van der Waals surface area (Å²) in [4.78, 5) is 12.9. The highest BCUT2D eigenvalue weighted by atomic mass is 35.5. The van der Waals surface area contributed by atoms with Crippen molar-refractivity contribution in [1.82, 2.24) is 0 Å². The predicted octanol–water partition coefficient (Wildman–Crippen LogP) is 4.02. The third kappa shape index (κ3) is 3.52. The Balaban J connectivity index is 1.96. The second-order valence-corrected chi connectivity index (χ2v) is 5.20. The second-order valence-electron chi connectivity index (χ2n) is 3.71. The fraction of sp³-hybridized carbons (Fsp3) is 0.0714. The first-order valence-corrected chi connectivity index (χ1v) is 6.72. The van der Waals surface area contributed by atoms with Crippen molar-refractivity contribution in [2.45, 2.75) is 4.90 Å². The average molecular weight is 279 g/mol. The SMILES string of the molecule is O=C(CSc1ccc(Cl)cc1)c1ccc(O)cc1. The molecule has 0 saturated heterocycles. The number of phenols is 1. The number of phenolic OH excluding ortho intramolecular Hbond substituents is 1. The van der Waals surface area contributed by atoms with Gasteiger partial charge in [-0.1, -0.05) is 11.6 Å². The lowest BCUT2D eigenvalue weighted by Crippen LogP contribution is -2.01. The first kappa shape index (κ1) is 13.0. The summed E-state index contributed by atoms with van der Waals surface area (Å²) in [5, 5.41) is 9.83. The lowest BCUT2D eigenvalue weighted by atomic mass is 10.1. The summed E-state index contributed by atoms with van der Waals surface area (Å²) in [6.45, 7) is 0. The molecule has 0 bridgehead atoms. The first-order chi connectivity index (χ1) is 8.65. The normalized spacial score (nSPS) is 10.3. The Morgan fingerprint density at radius 1 is 1.06 bits per heavy atom. The number of Topliss-reactive ketones (excluding diaryl/α,β-unsaturated/α-hetero) is 1. The smallest absolute Gasteiger partial charge is 0.173 e. The number of halogens is 1. The van der Waals surface area contributed by atoms with Crippen LogP contribution >= 0.6 is 23.4 Å². The minimum absolute atomic E-state index is 0.0370. The van der Waals surface area contributed by atoms with E-state index in [2.05, 4.69) is 0 Å². The van der Waals surface area contributed by atoms with Crippen LogP contribution in [0.2, 0.25) is 5.02 Å². The van der Waals surface area contributed by atoms with E-state index in [0.29, 0.717) is 16.3 Å². The van der Waals surface area contributed by atoms with Crippen molar-refractivity contribution in [2.75, 3.05) is 5.75 Å². The van der Waals surface area contributed by atoms with Crippen LogP contribution in [0.15, 0.2) is 53.4 Å². The molecule has 0 amide bonds. The van der Waals surface area contributed by atoms with E-state index in [-0.39, 0.29) is 11.5 Å². The maximum atomic E-state index is 11.9. The van der Waals surface area contributed by atoms with Gasteiger partial charge in [0.1, 0.15) is 5.75 Å². The van der Waals surface area contributed by atoms with Crippen LogP contribution in [0.5, 0.6) is 5.75 Å². The molecule has 0 fully saturated rings. The Kier molecular flexibility index (Phi) is 4.28. The van der Waals surface area contributed by atoms with Crippen LogP contribution in [0.25, 0.3) is 0 Å². The Morgan fingerprint density at radius 2 is 1.67 bits per heavy atom. The zero-order valence-corrected chi connectivity index (χ0v) is 11.0. The number of aromatic hydroxyl groups is 1. The molecule has 18 heavy (non-hydrogen) atoms. The van der Waals surface area contributed by atoms with Crippen LogP contribution in [-0.4, -0.2) is 16.6 Å². The molecular formula is C14H11ClO2S. The summed E-state index contributed by atoms with van der Waals surface area (Å²) in [6, 6.07) is 13.7. The topological polar surface area (TPSA) is 37.3 Å². The fourth-order valence-electron chi connectivity index (χ4n) is 1.41. The standard InChI is InChI=1S/C14H11ClO2S/c15-11-3-7-13(8-4-11)18-9-14(17)10-1-5-12(16)6-2-10/h1-8,16H,9H2. The zero-order valence-electron chi connectivity index (χ0n) is 9.47. The third-order valence-electron chi connectivity index (χ3n) is 2.37. The number of rotatable bonds is 4. The van der Waals surface area contributed by atoms with Crippen molar-refractivity contribution in [3.8, 4) is 5.75 Å². The summed E-state index contributed by atoms with van der Waals surface area (Å²) in [5.74, 6) is 0.568.